The number of hydrogen-bond donors (Lipinski definition) is 1. The van der Waals surface area contributed by atoms with Gasteiger partial charge in [0.15, 0.2) is 11.5 Å². The standard InChI is InChI=1S/C22H20F3NO5/c1-29-16-6-2-3-7-17(16)30-20-18(28)13-8-9-15(27)14(12-26-10-4-5-11-26)19(13)31-21(20)22(23,24)25/h2-3,6-9,27H,4-5,10-12H2,1H3. The maximum atomic E-state index is 13.9. The molecule has 9 heteroatoms. The Bertz CT molecular complexity index is 1170. The van der Waals surface area contributed by atoms with Gasteiger partial charge in [-0.05, 0) is 50.2 Å². The highest BCUT2D eigenvalue weighted by atomic mass is 19.4. The fraction of sp³-hybridized carbons (Fsp3) is 0.318. The Kier molecular flexibility index (Phi) is 5.53. The molecule has 0 radical (unpaired) electrons. The normalized spacial score (nSPS) is 14.8. The van der Waals surface area contributed by atoms with E-state index in [4.69, 9.17) is 13.9 Å². The lowest BCUT2D eigenvalue weighted by Crippen LogP contribution is -2.20. The second-order valence-corrected chi connectivity index (χ2v) is 7.26. The first-order chi connectivity index (χ1) is 14.8. The highest BCUT2D eigenvalue weighted by Crippen LogP contribution is 2.41. The van der Waals surface area contributed by atoms with Gasteiger partial charge in [-0.3, -0.25) is 9.69 Å². The number of hydrogen-bond acceptors (Lipinski definition) is 6. The number of halogens is 3. The van der Waals surface area contributed by atoms with Gasteiger partial charge in [-0.25, -0.2) is 0 Å². The van der Waals surface area contributed by atoms with Crippen LogP contribution in [-0.4, -0.2) is 30.2 Å². The van der Waals surface area contributed by atoms with Crippen molar-refractivity contribution in [2.45, 2.75) is 25.6 Å². The van der Waals surface area contributed by atoms with E-state index in [1.165, 1.54) is 31.4 Å². The zero-order valence-electron chi connectivity index (χ0n) is 16.7. The molecule has 1 aliphatic heterocycles. The van der Waals surface area contributed by atoms with Crippen molar-refractivity contribution in [3.05, 3.63) is 57.9 Å². The molecule has 2 aromatic carbocycles. The van der Waals surface area contributed by atoms with Crippen LogP contribution in [0.1, 0.15) is 24.2 Å². The summed E-state index contributed by atoms with van der Waals surface area (Å²) in [6.45, 7) is 1.68. The molecule has 0 bridgehead atoms. The van der Waals surface area contributed by atoms with Gasteiger partial charge >= 0.3 is 6.18 Å². The molecule has 3 aromatic rings. The van der Waals surface area contributed by atoms with Crippen LogP contribution in [0.3, 0.4) is 0 Å². The fourth-order valence-electron chi connectivity index (χ4n) is 3.70. The third-order valence-electron chi connectivity index (χ3n) is 5.22. The largest absolute Gasteiger partial charge is 0.507 e. The minimum absolute atomic E-state index is 0.0572. The van der Waals surface area contributed by atoms with E-state index in [0.29, 0.717) is 0 Å². The van der Waals surface area contributed by atoms with Gasteiger partial charge in [0.05, 0.1) is 18.1 Å². The summed E-state index contributed by atoms with van der Waals surface area (Å²) < 4.78 is 57.3. The van der Waals surface area contributed by atoms with Crippen LogP contribution in [0, 0.1) is 0 Å². The molecule has 1 fully saturated rings. The number of phenols is 1. The van der Waals surface area contributed by atoms with Gasteiger partial charge in [0, 0.05) is 6.54 Å². The number of methoxy groups -OCH3 is 1. The van der Waals surface area contributed by atoms with Crippen molar-refractivity contribution in [3.8, 4) is 23.0 Å². The van der Waals surface area contributed by atoms with Crippen LogP contribution < -0.4 is 14.9 Å². The first-order valence-corrected chi connectivity index (χ1v) is 9.71. The molecule has 1 aromatic heterocycles. The third-order valence-corrected chi connectivity index (χ3v) is 5.22. The average molecular weight is 435 g/mol. The number of nitrogens with zero attached hydrogens (tertiary/aromatic N) is 1. The highest BCUT2D eigenvalue weighted by molar-refractivity contribution is 5.83. The van der Waals surface area contributed by atoms with Crippen LogP contribution >= 0.6 is 0 Å². The Morgan fingerprint density at radius 1 is 1.10 bits per heavy atom. The number of aromatic hydroxyl groups is 1. The van der Waals surface area contributed by atoms with Crippen molar-refractivity contribution in [2.75, 3.05) is 20.2 Å². The van der Waals surface area contributed by atoms with Crippen molar-refractivity contribution in [2.24, 2.45) is 0 Å². The van der Waals surface area contributed by atoms with Gasteiger partial charge < -0.3 is 19.0 Å². The van der Waals surface area contributed by atoms with Crippen molar-refractivity contribution in [1.29, 1.82) is 0 Å². The number of ether oxygens (including phenoxy) is 2. The van der Waals surface area contributed by atoms with E-state index in [-0.39, 0.29) is 40.3 Å². The van der Waals surface area contributed by atoms with E-state index >= 15 is 0 Å². The predicted octanol–water partition coefficient (Wildman–Crippen LogP) is 4.91. The topological polar surface area (TPSA) is 72.1 Å². The van der Waals surface area contributed by atoms with Crippen molar-refractivity contribution >= 4 is 11.0 Å². The molecule has 0 amide bonds. The van der Waals surface area contributed by atoms with Gasteiger partial charge in [-0.15, -0.1) is 0 Å². The Hall–Kier alpha value is -3.20. The van der Waals surface area contributed by atoms with Gasteiger partial charge in [0.1, 0.15) is 11.3 Å². The Morgan fingerprint density at radius 2 is 1.77 bits per heavy atom. The summed E-state index contributed by atoms with van der Waals surface area (Å²) in [6.07, 6.45) is -3.08. The molecular formula is C22H20F3NO5. The van der Waals surface area contributed by atoms with Crippen LogP contribution in [0.25, 0.3) is 11.0 Å². The van der Waals surface area contributed by atoms with E-state index in [9.17, 15) is 23.1 Å². The lowest BCUT2D eigenvalue weighted by molar-refractivity contribution is -0.154. The van der Waals surface area contributed by atoms with Crippen LogP contribution in [-0.2, 0) is 12.7 Å². The zero-order chi connectivity index (χ0) is 22.2. The van der Waals surface area contributed by atoms with Crippen LogP contribution in [0.2, 0.25) is 0 Å². The molecule has 1 N–H and O–H groups in total. The molecule has 0 aliphatic carbocycles. The van der Waals surface area contributed by atoms with Gasteiger partial charge in [-0.1, -0.05) is 12.1 Å². The minimum Gasteiger partial charge on any atom is -0.507 e. The minimum atomic E-state index is -5.00. The SMILES string of the molecule is COc1ccccc1Oc1c(C(F)(F)F)oc2c(CN3CCCC3)c(O)ccc2c1=O. The molecule has 31 heavy (non-hydrogen) atoms. The van der Waals surface area contributed by atoms with Crippen LogP contribution in [0.4, 0.5) is 13.2 Å². The quantitative estimate of drug-likeness (QED) is 0.614. The number of alkyl halides is 3. The van der Waals surface area contributed by atoms with Gasteiger partial charge in [-0.2, -0.15) is 13.2 Å². The summed E-state index contributed by atoms with van der Waals surface area (Å²) in [5.41, 5.74) is -1.13. The third kappa shape index (κ3) is 4.05. The summed E-state index contributed by atoms with van der Waals surface area (Å²) in [7, 11) is 1.34. The zero-order valence-corrected chi connectivity index (χ0v) is 16.7. The summed E-state index contributed by atoms with van der Waals surface area (Å²) >= 11 is 0. The van der Waals surface area contributed by atoms with E-state index in [2.05, 4.69) is 0 Å². The number of benzene rings is 2. The highest BCUT2D eigenvalue weighted by Gasteiger charge is 2.41. The molecule has 1 saturated heterocycles. The van der Waals surface area contributed by atoms with Crippen molar-refractivity contribution < 1.29 is 32.2 Å². The molecule has 6 nitrogen and oxygen atoms in total. The Labute approximate surface area is 175 Å². The number of rotatable bonds is 5. The first-order valence-electron chi connectivity index (χ1n) is 9.71. The first kappa shape index (κ1) is 21.0. The molecule has 0 unspecified atom stereocenters. The number of phenolic OH excluding ortho intramolecular Hbond substituents is 1. The molecule has 0 atom stereocenters. The van der Waals surface area contributed by atoms with E-state index < -0.39 is 23.1 Å². The molecule has 2 heterocycles. The summed E-state index contributed by atoms with van der Waals surface area (Å²) in [5, 5.41) is 10.2. The lowest BCUT2D eigenvalue weighted by Gasteiger charge is -2.18. The summed E-state index contributed by atoms with van der Waals surface area (Å²) in [6, 6.07) is 8.56. The molecule has 1 aliphatic rings. The van der Waals surface area contributed by atoms with E-state index in [1.54, 1.807) is 12.1 Å². The maximum Gasteiger partial charge on any atom is 0.453 e. The summed E-state index contributed by atoms with van der Waals surface area (Å²) in [5.74, 6) is -2.67. The predicted molar refractivity (Wildman–Crippen MR) is 107 cm³/mol. The molecule has 164 valence electrons. The monoisotopic (exact) mass is 435 g/mol. The van der Waals surface area contributed by atoms with Gasteiger partial charge in [0.25, 0.3) is 5.76 Å². The van der Waals surface area contributed by atoms with Crippen LogP contribution in [0.15, 0.2) is 45.6 Å². The molecule has 4 rings (SSSR count). The van der Waals surface area contributed by atoms with Crippen LogP contribution in [0.5, 0.6) is 23.0 Å². The number of fused-ring (bicyclic) bond motifs is 1. The van der Waals surface area contributed by atoms with Gasteiger partial charge in [0.2, 0.25) is 11.2 Å². The van der Waals surface area contributed by atoms with Crippen molar-refractivity contribution in [3.63, 3.8) is 0 Å². The van der Waals surface area contributed by atoms with E-state index in [0.717, 1.165) is 25.9 Å². The summed E-state index contributed by atoms with van der Waals surface area (Å²) in [4.78, 5) is 15.1. The molecular weight excluding hydrogens is 415 g/mol. The number of para-hydroxylation sites is 2. The number of likely N-dealkylation sites (tertiary alicyclic amines) is 1. The maximum absolute atomic E-state index is 13.9. The average Bonchev–Trinajstić information content (AvgIpc) is 3.24. The van der Waals surface area contributed by atoms with E-state index in [1.807, 2.05) is 4.90 Å². The molecule has 0 saturated carbocycles. The smallest absolute Gasteiger partial charge is 0.453 e. The fourth-order valence-corrected chi connectivity index (χ4v) is 3.70. The molecule has 0 spiro atoms. The second-order valence-electron chi connectivity index (χ2n) is 7.26. The Balaban J connectivity index is 1.91. The van der Waals surface area contributed by atoms with Crippen molar-refractivity contribution in [1.82, 2.24) is 4.90 Å². The second kappa shape index (κ2) is 8.14. The Morgan fingerprint density at radius 3 is 2.42 bits per heavy atom. The lowest BCUT2D eigenvalue weighted by atomic mass is 10.1.